The standard InChI is InChI=1S/C25H33N3O3/c29-22(27-20-4-1-5-21(13-20)28-9-3-7-23(28)30)6-2-8-26-24(31)25-14-17-10-18(15-25)12-19(11-17)16-25/h1,4-5,13,17-19H,2-3,6-12,14-16H2,(H,26,31)(H,27,29). The fraction of sp³-hybridized carbons (Fsp3) is 0.640. The third-order valence-corrected chi connectivity index (χ3v) is 7.90. The number of carbonyl (C=O) groups excluding carboxylic acids is 3. The van der Waals surface area contributed by atoms with Gasteiger partial charge in [0.15, 0.2) is 0 Å². The average molecular weight is 424 g/mol. The van der Waals surface area contributed by atoms with Crippen LogP contribution < -0.4 is 15.5 Å². The second-order valence-corrected chi connectivity index (χ2v) is 10.3. The molecule has 6 nitrogen and oxygen atoms in total. The number of nitrogens with zero attached hydrogens (tertiary/aromatic N) is 1. The summed E-state index contributed by atoms with van der Waals surface area (Å²) >= 11 is 0. The predicted molar refractivity (Wildman–Crippen MR) is 120 cm³/mol. The van der Waals surface area contributed by atoms with Gasteiger partial charge in [-0.2, -0.15) is 0 Å². The number of carbonyl (C=O) groups is 3. The molecule has 4 aliphatic carbocycles. The lowest BCUT2D eigenvalue weighted by atomic mass is 9.49. The Hall–Kier alpha value is -2.37. The van der Waals surface area contributed by atoms with E-state index in [1.807, 2.05) is 24.3 Å². The zero-order valence-electron chi connectivity index (χ0n) is 18.2. The van der Waals surface area contributed by atoms with E-state index in [1.54, 1.807) is 4.90 Å². The van der Waals surface area contributed by atoms with Crippen LogP contribution in [-0.2, 0) is 14.4 Å². The molecule has 1 saturated heterocycles. The Kier molecular flexibility index (Phi) is 5.49. The van der Waals surface area contributed by atoms with Crippen LogP contribution in [0.5, 0.6) is 0 Å². The zero-order chi connectivity index (χ0) is 21.4. The van der Waals surface area contributed by atoms with Gasteiger partial charge in [0.1, 0.15) is 0 Å². The minimum atomic E-state index is -0.121. The van der Waals surface area contributed by atoms with Crippen molar-refractivity contribution in [3.63, 3.8) is 0 Å². The van der Waals surface area contributed by atoms with Gasteiger partial charge in [0.25, 0.3) is 0 Å². The second kappa shape index (κ2) is 8.29. The number of hydrogen-bond donors (Lipinski definition) is 2. The Morgan fingerprint density at radius 3 is 2.42 bits per heavy atom. The molecule has 0 atom stereocenters. The topological polar surface area (TPSA) is 78.5 Å². The molecule has 0 radical (unpaired) electrons. The number of amides is 3. The van der Waals surface area contributed by atoms with E-state index in [1.165, 1.54) is 19.3 Å². The van der Waals surface area contributed by atoms with E-state index >= 15 is 0 Å². The van der Waals surface area contributed by atoms with Gasteiger partial charge in [0.2, 0.25) is 17.7 Å². The van der Waals surface area contributed by atoms with Crippen molar-refractivity contribution in [2.45, 2.75) is 64.2 Å². The number of nitrogens with one attached hydrogen (secondary N) is 2. The second-order valence-electron chi connectivity index (χ2n) is 10.3. The van der Waals surface area contributed by atoms with E-state index < -0.39 is 0 Å². The molecule has 1 aromatic carbocycles. The largest absolute Gasteiger partial charge is 0.356 e. The molecule has 0 spiro atoms. The molecule has 3 amide bonds. The van der Waals surface area contributed by atoms with E-state index in [9.17, 15) is 14.4 Å². The minimum Gasteiger partial charge on any atom is -0.356 e. The maximum absolute atomic E-state index is 13.0. The maximum atomic E-state index is 13.0. The highest BCUT2D eigenvalue weighted by molar-refractivity contribution is 5.97. The quantitative estimate of drug-likeness (QED) is 0.654. The van der Waals surface area contributed by atoms with Gasteiger partial charge in [-0.1, -0.05) is 6.07 Å². The van der Waals surface area contributed by atoms with E-state index in [0.717, 1.165) is 55.7 Å². The van der Waals surface area contributed by atoms with Crippen molar-refractivity contribution < 1.29 is 14.4 Å². The monoisotopic (exact) mass is 423 g/mol. The first-order chi connectivity index (χ1) is 15.0. The Morgan fingerprint density at radius 1 is 1.06 bits per heavy atom. The maximum Gasteiger partial charge on any atom is 0.227 e. The van der Waals surface area contributed by atoms with Crippen LogP contribution in [0, 0.1) is 23.2 Å². The fourth-order valence-electron chi connectivity index (χ4n) is 6.92. The Bertz CT molecular complexity index is 845. The lowest BCUT2D eigenvalue weighted by Crippen LogP contribution is -2.53. The van der Waals surface area contributed by atoms with E-state index in [0.29, 0.717) is 31.5 Å². The van der Waals surface area contributed by atoms with Gasteiger partial charge in [-0.25, -0.2) is 0 Å². The van der Waals surface area contributed by atoms with Crippen molar-refractivity contribution in [2.75, 3.05) is 23.3 Å². The Morgan fingerprint density at radius 2 is 1.77 bits per heavy atom. The summed E-state index contributed by atoms with van der Waals surface area (Å²) in [5.74, 6) is 2.58. The third kappa shape index (κ3) is 4.21. The lowest BCUT2D eigenvalue weighted by molar-refractivity contribution is -0.146. The number of benzene rings is 1. The Balaban J connectivity index is 1.07. The summed E-state index contributed by atoms with van der Waals surface area (Å²) in [4.78, 5) is 39.1. The van der Waals surface area contributed by atoms with Crippen molar-refractivity contribution in [3.05, 3.63) is 24.3 Å². The zero-order valence-corrected chi connectivity index (χ0v) is 18.2. The van der Waals surface area contributed by atoms with E-state index in [4.69, 9.17) is 0 Å². The van der Waals surface area contributed by atoms with Gasteiger partial charge in [0, 0.05) is 42.7 Å². The first kappa shape index (κ1) is 20.5. The van der Waals surface area contributed by atoms with Gasteiger partial charge in [0.05, 0.1) is 0 Å². The number of anilines is 2. The first-order valence-electron chi connectivity index (χ1n) is 12.0. The highest BCUT2D eigenvalue weighted by atomic mass is 16.2. The van der Waals surface area contributed by atoms with Crippen molar-refractivity contribution in [1.29, 1.82) is 0 Å². The lowest BCUT2D eigenvalue weighted by Gasteiger charge is -2.55. The molecule has 2 N–H and O–H groups in total. The van der Waals surface area contributed by atoms with Crippen LogP contribution >= 0.6 is 0 Å². The summed E-state index contributed by atoms with van der Waals surface area (Å²) in [7, 11) is 0. The summed E-state index contributed by atoms with van der Waals surface area (Å²) < 4.78 is 0. The van der Waals surface area contributed by atoms with Crippen molar-refractivity contribution in [1.82, 2.24) is 5.32 Å². The van der Waals surface area contributed by atoms with E-state index in [-0.39, 0.29) is 23.1 Å². The SMILES string of the molecule is O=C(CCCNC(=O)C12CC3CC(CC(C3)C1)C2)Nc1cccc(N2CCCC2=O)c1. The normalized spacial score (nSPS) is 31.2. The molecule has 5 aliphatic rings. The molecule has 0 aromatic heterocycles. The fourth-order valence-corrected chi connectivity index (χ4v) is 6.92. The van der Waals surface area contributed by atoms with E-state index in [2.05, 4.69) is 10.6 Å². The van der Waals surface area contributed by atoms with Crippen LogP contribution in [0.4, 0.5) is 11.4 Å². The summed E-state index contributed by atoms with van der Waals surface area (Å²) in [5, 5.41) is 6.07. The first-order valence-corrected chi connectivity index (χ1v) is 12.0. The highest BCUT2D eigenvalue weighted by Crippen LogP contribution is 2.60. The van der Waals surface area contributed by atoms with Gasteiger partial charge >= 0.3 is 0 Å². The molecular formula is C25H33N3O3. The third-order valence-electron chi connectivity index (χ3n) is 7.90. The number of hydrogen-bond acceptors (Lipinski definition) is 3. The van der Waals surface area contributed by atoms with Crippen LogP contribution in [0.2, 0.25) is 0 Å². The summed E-state index contributed by atoms with van der Waals surface area (Å²) in [6.45, 7) is 1.29. The molecule has 5 fully saturated rings. The minimum absolute atomic E-state index is 0.0612. The molecule has 4 bridgehead atoms. The van der Waals surface area contributed by atoms with Crippen molar-refractivity contribution in [3.8, 4) is 0 Å². The molecule has 4 saturated carbocycles. The summed E-state index contributed by atoms with van der Waals surface area (Å²) in [5.41, 5.74) is 1.42. The molecule has 6 heteroatoms. The van der Waals surface area contributed by atoms with Crippen LogP contribution in [0.25, 0.3) is 0 Å². The van der Waals surface area contributed by atoms with Gasteiger partial charge < -0.3 is 15.5 Å². The molecule has 6 rings (SSSR count). The molecule has 1 aromatic rings. The molecule has 0 unspecified atom stereocenters. The molecule has 1 aliphatic heterocycles. The summed E-state index contributed by atoms with van der Waals surface area (Å²) in [6.07, 6.45) is 9.68. The highest BCUT2D eigenvalue weighted by Gasteiger charge is 2.54. The van der Waals surface area contributed by atoms with Crippen LogP contribution in [0.15, 0.2) is 24.3 Å². The van der Waals surface area contributed by atoms with Gasteiger partial charge in [-0.3, -0.25) is 14.4 Å². The van der Waals surface area contributed by atoms with Crippen LogP contribution in [0.1, 0.15) is 64.2 Å². The smallest absolute Gasteiger partial charge is 0.227 e. The van der Waals surface area contributed by atoms with Gasteiger partial charge in [-0.15, -0.1) is 0 Å². The molecular weight excluding hydrogens is 390 g/mol. The molecule has 166 valence electrons. The van der Waals surface area contributed by atoms with Crippen molar-refractivity contribution in [2.24, 2.45) is 23.2 Å². The number of rotatable bonds is 7. The van der Waals surface area contributed by atoms with Gasteiger partial charge in [-0.05, 0) is 87.3 Å². The molecule has 1 heterocycles. The van der Waals surface area contributed by atoms with Crippen LogP contribution in [-0.4, -0.2) is 30.8 Å². The summed E-state index contributed by atoms with van der Waals surface area (Å²) in [6, 6.07) is 7.47. The molecule has 31 heavy (non-hydrogen) atoms. The predicted octanol–water partition coefficient (Wildman–Crippen LogP) is 3.86. The average Bonchev–Trinajstić information content (AvgIpc) is 3.16. The van der Waals surface area contributed by atoms with Crippen LogP contribution in [0.3, 0.4) is 0 Å². The van der Waals surface area contributed by atoms with Crippen molar-refractivity contribution >= 4 is 29.1 Å². The Labute approximate surface area is 184 Å².